The van der Waals surface area contributed by atoms with Gasteiger partial charge in [-0.25, -0.2) is 4.39 Å². The van der Waals surface area contributed by atoms with Gasteiger partial charge >= 0.3 is 0 Å². The van der Waals surface area contributed by atoms with Crippen molar-refractivity contribution >= 4 is 17.2 Å². The predicted molar refractivity (Wildman–Crippen MR) is 122 cm³/mol. The number of nitrogens with two attached hydrogens (primary N) is 2. The van der Waals surface area contributed by atoms with E-state index in [4.69, 9.17) is 16.5 Å². The maximum atomic E-state index is 13.8. The highest BCUT2D eigenvalue weighted by Gasteiger charge is 2.36. The summed E-state index contributed by atoms with van der Waals surface area (Å²) in [6.45, 7) is 1.97. The second-order valence-electron chi connectivity index (χ2n) is 7.75. The minimum Gasteiger partial charge on any atom is -0.349 e. The molecule has 0 aliphatic carbocycles. The summed E-state index contributed by atoms with van der Waals surface area (Å²) in [4.78, 5) is 19.8. The molecule has 158 valence electrons. The van der Waals surface area contributed by atoms with Gasteiger partial charge in [0, 0.05) is 23.4 Å². The lowest BCUT2D eigenvalue weighted by Crippen LogP contribution is -2.54. The van der Waals surface area contributed by atoms with Crippen LogP contribution in [-0.2, 0) is 11.3 Å². The normalized spacial score (nSPS) is 19.2. The molecule has 0 saturated heterocycles. The minimum atomic E-state index is -0.865. The van der Waals surface area contributed by atoms with E-state index in [-0.39, 0.29) is 11.6 Å². The number of hydrogen-bond acceptors (Lipinski definition) is 5. The summed E-state index contributed by atoms with van der Waals surface area (Å²) in [5, 5.41) is 0. The summed E-state index contributed by atoms with van der Waals surface area (Å²) in [5.74, 6) is -0.559. The van der Waals surface area contributed by atoms with Gasteiger partial charge in [-0.05, 0) is 30.7 Å². The first kappa shape index (κ1) is 20.9. The Morgan fingerprint density at radius 3 is 2.48 bits per heavy atom. The van der Waals surface area contributed by atoms with Gasteiger partial charge in [0.25, 0.3) is 0 Å². The van der Waals surface area contributed by atoms with Gasteiger partial charge in [-0.3, -0.25) is 9.79 Å². The van der Waals surface area contributed by atoms with Crippen molar-refractivity contribution in [2.75, 3.05) is 4.90 Å². The summed E-state index contributed by atoms with van der Waals surface area (Å²) in [7, 11) is 0. The number of carbonyl (C=O) groups is 1. The third-order valence-corrected chi connectivity index (χ3v) is 5.45. The number of fused-ring (bicyclic) bond motifs is 1. The number of carbonyl (C=O) groups excluding carboxylic acids is 1. The van der Waals surface area contributed by atoms with Crippen LogP contribution < -0.4 is 16.4 Å². The van der Waals surface area contributed by atoms with Gasteiger partial charge in [-0.1, -0.05) is 60.7 Å². The topological polar surface area (TPSA) is 84.7 Å². The monoisotopic (exact) mass is 416 g/mol. The molecule has 0 bridgehead atoms. The third-order valence-electron chi connectivity index (χ3n) is 5.45. The lowest BCUT2D eigenvalue weighted by molar-refractivity contribution is -0.121. The number of anilines is 1. The van der Waals surface area contributed by atoms with Crippen molar-refractivity contribution in [3.8, 4) is 0 Å². The van der Waals surface area contributed by atoms with Gasteiger partial charge in [0.2, 0.25) is 0 Å². The van der Waals surface area contributed by atoms with E-state index in [1.807, 2.05) is 65.6 Å². The number of benzodiazepines with no additional fused rings is 1. The lowest BCUT2D eigenvalue weighted by Gasteiger charge is -2.33. The number of Topliss-reactive ketones (excluding diaryl/α,β-unsaturated/α-hetero) is 1. The quantitative estimate of drug-likeness (QED) is 0.669. The van der Waals surface area contributed by atoms with Crippen LogP contribution in [0.2, 0.25) is 0 Å². The van der Waals surface area contributed by atoms with E-state index in [9.17, 15) is 9.18 Å². The van der Waals surface area contributed by atoms with E-state index in [0.717, 1.165) is 22.4 Å². The smallest absolute Gasteiger partial charge is 0.177 e. The maximum Gasteiger partial charge on any atom is 0.177 e. The van der Waals surface area contributed by atoms with Crippen LogP contribution in [0.4, 0.5) is 10.1 Å². The average Bonchev–Trinajstić information content (AvgIpc) is 2.89. The molecule has 1 heterocycles. The van der Waals surface area contributed by atoms with Crippen molar-refractivity contribution in [1.82, 2.24) is 0 Å². The molecular weight excluding hydrogens is 391 g/mol. The van der Waals surface area contributed by atoms with Crippen LogP contribution in [0.3, 0.4) is 0 Å². The molecule has 0 radical (unpaired) electrons. The predicted octanol–water partition coefficient (Wildman–Crippen LogP) is 3.25. The van der Waals surface area contributed by atoms with Crippen molar-refractivity contribution in [3.63, 3.8) is 0 Å². The Kier molecular flexibility index (Phi) is 5.93. The van der Waals surface area contributed by atoms with Crippen molar-refractivity contribution in [2.45, 2.75) is 31.7 Å². The summed E-state index contributed by atoms with van der Waals surface area (Å²) in [6.07, 6.45) is -0.760. The molecule has 3 aromatic rings. The lowest BCUT2D eigenvalue weighted by atomic mass is 10.00. The zero-order chi connectivity index (χ0) is 22.0. The highest BCUT2D eigenvalue weighted by Crippen LogP contribution is 2.31. The van der Waals surface area contributed by atoms with Gasteiger partial charge in [-0.15, -0.1) is 0 Å². The maximum absolute atomic E-state index is 13.8. The molecule has 4 N–H and O–H groups in total. The molecule has 1 aliphatic rings. The molecule has 4 rings (SSSR count). The largest absolute Gasteiger partial charge is 0.349 e. The molecule has 0 fully saturated rings. The van der Waals surface area contributed by atoms with Crippen molar-refractivity contribution in [1.29, 1.82) is 0 Å². The van der Waals surface area contributed by atoms with E-state index in [2.05, 4.69) is 0 Å². The van der Waals surface area contributed by atoms with Crippen LogP contribution in [0.1, 0.15) is 23.6 Å². The third kappa shape index (κ3) is 4.26. The van der Waals surface area contributed by atoms with Crippen LogP contribution in [0, 0.1) is 5.82 Å². The second kappa shape index (κ2) is 8.79. The molecule has 3 aromatic carbocycles. The number of nitrogens with zero attached hydrogens (tertiary/aromatic N) is 2. The first-order valence-corrected chi connectivity index (χ1v) is 10.2. The van der Waals surface area contributed by atoms with E-state index >= 15 is 0 Å². The zero-order valence-corrected chi connectivity index (χ0v) is 17.3. The summed E-state index contributed by atoms with van der Waals surface area (Å²) < 4.78 is 13.8. The van der Waals surface area contributed by atoms with Crippen LogP contribution in [-0.4, -0.2) is 29.7 Å². The Morgan fingerprint density at radius 2 is 1.77 bits per heavy atom. The van der Waals surface area contributed by atoms with Crippen molar-refractivity contribution in [2.24, 2.45) is 16.5 Å². The van der Waals surface area contributed by atoms with Crippen LogP contribution in [0.25, 0.3) is 0 Å². The minimum absolute atomic E-state index is 0.238. The molecular formula is C25H25FN4O. The molecule has 3 unspecified atom stereocenters. The fourth-order valence-electron chi connectivity index (χ4n) is 3.89. The van der Waals surface area contributed by atoms with Crippen molar-refractivity contribution in [3.05, 3.63) is 101 Å². The number of ketones is 1. The molecule has 3 atom stereocenters. The first-order chi connectivity index (χ1) is 15.0. The SMILES string of the molecule is CC(N)C(=O)C1N=C(c2ccccc2)c2ccccc2N(Cc2cccc(F)c2)C1N. The number of aliphatic imine (C=N–C) groups is 1. The van der Waals surface area contributed by atoms with Gasteiger partial charge in [0.15, 0.2) is 5.78 Å². The highest BCUT2D eigenvalue weighted by molar-refractivity contribution is 6.17. The van der Waals surface area contributed by atoms with Gasteiger partial charge < -0.3 is 16.4 Å². The van der Waals surface area contributed by atoms with Gasteiger partial charge in [0.1, 0.15) is 18.0 Å². The molecule has 0 aromatic heterocycles. The molecule has 0 amide bonds. The van der Waals surface area contributed by atoms with E-state index in [1.54, 1.807) is 13.0 Å². The van der Waals surface area contributed by atoms with Crippen LogP contribution in [0.5, 0.6) is 0 Å². The number of hydrogen-bond donors (Lipinski definition) is 2. The van der Waals surface area contributed by atoms with Crippen molar-refractivity contribution < 1.29 is 9.18 Å². The molecule has 5 nitrogen and oxygen atoms in total. The number of rotatable bonds is 5. The Balaban J connectivity index is 1.89. The molecule has 0 saturated carbocycles. The average molecular weight is 417 g/mol. The fraction of sp³-hybridized carbons (Fsp3) is 0.200. The van der Waals surface area contributed by atoms with E-state index in [1.165, 1.54) is 12.1 Å². The Labute approximate surface area is 181 Å². The fourth-order valence-corrected chi connectivity index (χ4v) is 3.89. The molecule has 0 spiro atoms. The number of halogens is 1. The standard InChI is InChI=1S/C25H25FN4O/c1-16(27)24(31)23-25(28)30(15-17-8-7-11-19(26)14-17)21-13-6-5-12-20(21)22(29-23)18-9-3-2-4-10-18/h2-14,16,23,25H,15,27-28H2,1H3. The number of para-hydroxylation sites is 1. The van der Waals surface area contributed by atoms with E-state index in [0.29, 0.717) is 12.3 Å². The highest BCUT2D eigenvalue weighted by atomic mass is 19.1. The Morgan fingerprint density at radius 1 is 1.06 bits per heavy atom. The van der Waals surface area contributed by atoms with Crippen LogP contribution in [0.15, 0.2) is 83.9 Å². The summed E-state index contributed by atoms with van der Waals surface area (Å²) in [5.41, 5.74) is 16.6. The number of benzene rings is 3. The molecule has 1 aliphatic heterocycles. The van der Waals surface area contributed by atoms with Crippen LogP contribution >= 0.6 is 0 Å². The summed E-state index contributed by atoms with van der Waals surface area (Å²) >= 11 is 0. The van der Waals surface area contributed by atoms with Gasteiger partial charge in [0.05, 0.1) is 11.8 Å². The molecule has 31 heavy (non-hydrogen) atoms. The zero-order valence-electron chi connectivity index (χ0n) is 17.3. The van der Waals surface area contributed by atoms with E-state index < -0.39 is 18.2 Å². The Bertz CT molecular complexity index is 1110. The summed E-state index contributed by atoms with van der Waals surface area (Å²) in [6, 6.07) is 22.3. The second-order valence-corrected chi connectivity index (χ2v) is 7.75. The first-order valence-electron chi connectivity index (χ1n) is 10.2. The van der Waals surface area contributed by atoms with Gasteiger partial charge in [-0.2, -0.15) is 0 Å². The Hall–Kier alpha value is -3.35. The molecule has 6 heteroatoms.